The Bertz CT molecular complexity index is 1130. The van der Waals surface area contributed by atoms with Crippen molar-refractivity contribution in [1.82, 2.24) is 0 Å². The highest BCUT2D eigenvalue weighted by atomic mass is 28.4. The zero-order chi connectivity index (χ0) is 31.8. The minimum absolute atomic E-state index is 0.00363. The Hall–Kier alpha value is -2.25. The number of methoxy groups -OCH3 is 1. The molecule has 1 fully saturated rings. The molecule has 43 heavy (non-hydrogen) atoms. The summed E-state index contributed by atoms with van der Waals surface area (Å²) in [6.07, 6.45) is 5.35. The van der Waals surface area contributed by atoms with E-state index in [1.54, 1.807) is 0 Å². The maximum absolute atomic E-state index is 11.7. The van der Waals surface area contributed by atoms with Crippen LogP contribution in [-0.4, -0.2) is 46.0 Å². The molecule has 2 aromatic rings. The Morgan fingerprint density at radius 2 is 1.58 bits per heavy atom. The molecule has 0 spiro atoms. The van der Waals surface area contributed by atoms with Gasteiger partial charge in [0.2, 0.25) is 0 Å². The van der Waals surface area contributed by atoms with Crippen LogP contribution in [0.1, 0.15) is 88.0 Å². The molecule has 1 aliphatic heterocycles. The summed E-state index contributed by atoms with van der Waals surface area (Å²) in [6, 6.07) is 21.8. The second-order valence-electron chi connectivity index (χ2n) is 13.8. The molecular formula is C37H56O5Si. The third-order valence-electron chi connectivity index (χ3n) is 9.38. The van der Waals surface area contributed by atoms with Gasteiger partial charge in [-0.15, -0.1) is 0 Å². The molecule has 0 aliphatic carbocycles. The first kappa shape index (κ1) is 35.2. The summed E-state index contributed by atoms with van der Waals surface area (Å²) >= 11 is 0. The van der Waals surface area contributed by atoms with Crippen LogP contribution in [0.3, 0.4) is 0 Å². The number of hydrogen-bond acceptors (Lipinski definition) is 5. The normalized spacial score (nSPS) is 22.6. The second-order valence-corrected chi connectivity index (χ2v) is 18.1. The van der Waals surface area contributed by atoms with Crippen molar-refractivity contribution in [2.45, 2.75) is 111 Å². The first-order chi connectivity index (χ1) is 20.3. The molecule has 0 N–H and O–H groups in total. The molecule has 1 aliphatic rings. The Balaban J connectivity index is 1.78. The maximum Gasteiger partial charge on any atom is 0.309 e. The highest BCUT2D eigenvalue weighted by molar-refractivity contribution is 6.99. The van der Waals surface area contributed by atoms with Crippen molar-refractivity contribution in [3.8, 4) is 0 Å². The molecule has 2 aromatic carbocycles. The lowest BCUT2D eigenvalue weighted by Crippen LogP contribution is -2.66. The molecule has 5 atom stereocenters. The van der Waals surface area contributed by atoms with E-state index in [4.69, 9.17) is 18.6 Å². The molecule has 0 aromatic heterocycles. The van der Waals surface area contributed by atoms with Crippen molar-refractivity contribution >= 4 is 24.7 Å². The zero-order valence-corrected chi connectivity index (χ0v) is 29.3. The number of hydrogen-bond donors (Lipinski definition) is 0. The van der Waals surface area contributed by atoms with Gasteiger partial charge >= 0.3 is 5.97 Å². The molecule has 3 rings (SSSR count). The van der Waals surface area contributed by atoms with E-state index in [9.17, 15) is 4.79 Å². The van der Waals surface area contributed by atoms with E-state index in [-0.39, 0.29) is 41.5 Å². The van der Waals surface area contributed by atoms with Gasteiger partial charge in [-0.1, -0.05) is 120 Å². The lowest BCUT2D eigenvalue weighted by molar-refractivity contribution is -0.326. The van der Waals surface area contributed by atoms with Gasteiger partial charge in [-0.05, 0) is 54.9 Å². The summed E-state index contributed by atoms with van der Waals surface area (Å²) < 4.78 is 25.2. The zero-order valence-electron chi connectivity index (χ0n) is 28.3. The topological polar surface area (TPSA) is 54.0 Å². The van der Waals surface area contributed by atoms with E-state index in [1.165, 1.54) is 17.5 Å². The summed E-state index contributed by atoms with van der Waals surface area (Å²) in [5.74, 6) is -0.116. The van der Waals surface area contributed by atoms with Gasteiger partial charge < -0.3 is 18.6 Å². The van der Waals surface area contributed by atoms with E-state index < -0.39 is 14.1 Å². The van der Waals surface area contributed by atoms with Gasteiger partial charge in [0.05, 0.1) is 25.7 Å². The first-order valence-electron chi connectivity index (χ1n) is 16.1. The van der Waals surface area contributed by atoms with Gasteiger partial charge in [-0.2, -0.15) is 0 Å². The van der Waals surface area contributed by atoms with Gasteiger partial charge in [-0.3, -0.25) is 4.79 Å². The number of benzene rings is 2. The van der Waals surface area contributed by atoms with Crippen molar-refractivity contribution in [2.24, 2.45) is 17.8 Å². The van der Waals surface area contributed by atoms with E-state index in [0.29, 0.717) is 5.92 Å². The van der Waals surface area contributed by atoms with Crippen molar-refractivity contribution in [1.29, 1.82) is 0 Å². The number of carbonyl (C=O) groups is 1. The molecule has 1 heterocycles. The first-order valence-corrected chi connectivity index (χ1v) is 18.0. The Labute approximate surface area is 262 Å². The molecule has 238 valence electrons. The summed E-state index contributed by atoms with van der Waals surface area (Å²) in [5.41, 5.74) is 1.14. The fourth-order valence-electron chi connectivity index (χ4n) is 6.61. The van der Waals surface area contributed by atoms with Crippen LogP contribution < -0.4 is 10.4 Å². The maximum atomic E-state index is 11.7. The summed E-state index contributed by atoms with van der Waals surface area (Å²) in [7, 11) is -1.16. The van der Waals surface area contributed by atoms with E-state index >= 15 is 0 Å². The Morgan fingerprint density at radius 3 is 2.07 bits per heavy atom. The fraction of sp³-hybridized carbons (Fsp3) is 0.595. The van der Waals surface area contributed by atoms with Gasteiger partial charge in [0.25, 0.3) is 8.32 Å². The SMILES string of the molecule is CC[C@H](CC[C@@H]1OC(C)(C)O[C@@H]([C@@H](C)/C(C)=C/CC(=O)OC)[C@@H]1C)CO[Si](c1ccccc1)(c1ccccc1)C(C)(C)C. The van der Waals surface area contributed by atoms with Crippen LogP contribution >= 0.6 is 0 Å². The molecule has 0 bridgehead atoms. The number of carbonyl (C=O) groups excluding carboxylic acids is 1. The standard InChI is InChI=1S/C37H56O5Si/c1-11-30(26-40-43(36(5,6)7,31-18-14-12-15-19-31)32-20-16-13-17-21-32)23-24-33-29(4)35(42-37(8,9)41-33)28(3)27(2)22-25-34(38)39-10/h12-22,28-30,33,35H,11,23-26H2,1-10H3/b27-22+/t28-,29+,30+,33-,35-/m0/s1. The molecular weight excluding hydrogens is 552 g/mol. The number of esters is 1. The summed E-state index contributed by atoms with van der Waals surface area (Å²) in [6.45, 7) is 20.6. The largest absolute Gasteiger partial charge is 0.469 e. The lowest BCUT2D eigenvalue weighted by atomic mass is 9.81. The smallest absolute Gasteiger partial charge is 0.309 e. The lowest BCUT2D eigenvalue weighted by Gasteiger charge is -2.47. The second kappa shape index (κ2) is 15.2. The highest BCUT2D eigenvalue weighted by Gasteiger charge is 2.50. The summed E-state index contributed by atoms with van der Waals surface area (Å²) in [4.78, 5) is 11.7. The predicted molar refractivity (Wildman–Crippen MR) is 179 cm³/mol. The van der Waals surface area contributed by atoms with Crippen LogP contribution in [0.2, 0.25) is 5.04 Å². The predicted octanol–water partition coefficient (Wildman–Crippen LogP) is 7.67. The van der Waals surface area contributed by atoms with Crippen LogP contribution in [0.4, 0.5) is 0 Å². The minimum atomic E-state index is -2.58. The quantitative estimate of drug-likeness (QED) is 0.133. The molecule has 6 heteroatoms. The van der Waals surface area contributed by atoms with Crippen molar-refractivity contribution in [3.05, 3.63) is 72.3 Å². The third kappa shape index (κ3) is 8.69. The van der Waals surface area contributed by atoms with Gasteiger partial charge in [0.1, 0.15) is 0 Å². The molecule has 0 saturated carbocycles. The van der Waals surface area contributed by atoms with Crippen LogP contribution in [0.25, 0.3) is 0 Å². The molecule has 5 nitrogen and oxygen atoms in total. The van der Waals surface area contributed by atoms with Crippen LogP contribution in [-0.2, 0) is 23.4 Å². The molecule has 0 unspecified atom stereocenters. The average Bonchev–Trinajstić information content (AvgIpc) is 2.98. The minimum Gasteiger partial charge on any atom is -0.469 e. The average molecular weight is 609 g/mol. The Kier molecular flexibility index (Phi) is 12.4. The van der Waals surface area contributed by atoms with E-state index in [1.807, 2.05) is 19.9 Å². The van der Waals surface area contributed by atoms with Crippen LogP contribution in [0.15, 0.2) is 72.3 Å². The van der Waals surface area contributed by atoms with Crippen molar-refractivity contribution < 1.29 is 23.4 Å². The van der Waals surface area contributed by atoms with E-state index in [2.05, 4.69) is 109 Å². The van der Waals surface area contributed by atoms with Gasteiger partial charge in [-0.25, -0.2) is 0 Å². The summed E-state index contributed by atoms with van der Waals surface area (Å²) in [5, 5.41) is 2.59. The third-order valence-corrected chi connectivity index (χ3v) is 14.4. The Morgan fingerprint density at radius 1 is 1.02 bits per heavy atom. The van der Waals surface area contributed by atoms with E-state index in [0.717, 1.165) is 31.4 Å². The van der Waals surface area contributed by atoms with Gasteiger partial charge in [0.15, 0.2) is 5.79 Å². The molecule has 0 radical (unpaired) electrons. The molecule has 1 saturated heterocycles. The monoisotopic (exact) mass is 608 g/mol. The van der Waals surface area contributed by atoms with Crippen molar-refractivity contribution in [3.63, 3.8) is 0 Å². The fourth-order valence-corrected chi connectivity index (χ4v) is 11.2. The highest BCUT2D eigenvalue weighted by Crippen LogP contribution is 2.40. The van der Waals surface area contributed by atoms with Crippen LogP contribution in [0.5, 0.6) is 0 Å². The number of ether oxygens (including phenoxy) is 3. The molecule has 0 amide bonds. The number of rotatable bonds is 13. The van der Waals surface area contributed by atoms with Crippen molar-refractivity contribution in [2.75, 3.05) is 13.7 Å². The van der Waals surface area contributed by atoms with Crippen LogP contribution in [0, 0.1) is 17.8 Å². The van der Waals surface area contributed by atoms with Gasteiger partial charge in [0, 0.05) is 18.4 Å².